The topological polar surface area (TPSA) is 58.3 Å². The highest BCUT2D eigenvalue weighted by molar-refractivity contribution is 5.36. The molecule has 0 radical (unpaired) electrons. The predicted octanol–water partition coefficient (Wildman–Crippen LogP) is 1.64. The van der Waals surface area contributed by atoms with Gasteiger partial charge in [0.2, 0.25) is 0 Å². The fourth-order valence-corrected chi connectivity index (χ4v) is 1.76. The molecule has 2 aromatic rings. The van der Waals surface area contributed by atoms with Crippen LogP contribution in [0.5, 0.6) is 5.75 Å². The van der Waals surface area contributed by atoms with E-state index in [2.05, 4.69) is 4.98 Å². The number of phenolic OH excluding ortho intramolecular Hbond substituents is 1. The molecule has 90 valence electrons. The van der Waals surface area contributed by atoms with Crippen molar-refractivity contribution >= 4 is 0 Å². The number of rotatable bonds is 3. The first-order chi connectivity index (χ1) is 7.99. The molecule has 0 amide bonds. The van der Waals surface area contributed by atoms with Gasteiger partial charge in [-0.25, -0.2) is 9.37 Å². The number of nitrogens with zero attached hydrogens (tertiary/aromatic N) is 2. The van der Waals surface area contributed by atoms with E-state index in [9.17, 15) is 14.6 Å². The number of halogens is 1. The number of hydrogen-bond acceptors (Lipinski definition) is 3. The molecule has 1 aromatic heterocycles. The van der Waals surface area contributed by atoms with Gasteiger partial charge in [-0.3, -0.25) is 0 Å². The van der Waals surface area contributed by atoms with E-state index in [0.29, 0.717) is 0 Å². The molecule has 1 atom stereocenters. The van der Waals surface area contributed by atoms with Gasteiger partial charge in [0.1, 0.15) is 17.2 Å². The van der Waals surface area contributed by atoms with Gasteiger partial charge in [0.05, 0.1) is 12.9 Å². The summed E-state index contributed by atoms with van der Waals surface area (Å²) in [7, 11) is 0. The van der Waals surface area contributed by atoms with Crippen molar-refractivity contribution in [2.24, 2.45) is 0 Å². The van der Waals surface area contributed by atoms with Crippen LogP contribution in [-0.4, -0.2) is 19.8 Å². The molecule has 0 saturated heterocycles. The lowest BCUT2D eigenvalue weighted by atomic mass is 9.95. The molecule has 0 fully saturated rings. The van der Waals surface area contributed by atoms with E-state index in [4.69, 9.17) is 0 Å². The summed E-state index contributed by atoms with van der Waals surface area (Å²) in [6.07, 6.45) is 4.82. The number of imidazole rings is 1. The van der Waals surface area contributed by atoms with E-state index in [1.165, 1.54) is 13.0 Å². The van der Waals surface area contributed by atoms with Gasteiger partial charge in [-0.15, -0.1) is 0 Å². The van der Waals surface area contributed by atoms with Crippen LogP contribution in [0.1, 0.15) is 12.5 Å². The normalized spacial score (nSPS) is 14.5. The van der Waals surface area contributed by atoms with Crippen molar-refractivity contribution in [1.29, 1.82) is 0 Å². The Morgan fingerprint density at radius 3 is 2.88 bits per heavy atom. The Hall–Kier alpha value is -1.88. The van der Waals surface area contributed by atoms with Crippen molar-refractivity contribution in [1.82, 2.24) is 9.55 Å². The van der Waals surface area contributed by atoms with Crippen LogP contribution in [0.2, 0.25) is 0 Å². The van der Waals surface area contributed by atoms with Crippen molar-refractivity contribution in [3.8, 4) is 5.75 Å². The Labute approximate surface area is 98.0 Å². The van der Waals surface area contributed by atoms with E-state index in [-0.39, 0.29) is 17.9 Å². The van der Waals surface area contributed by atoms with Gasteiger partial charge < -0.3 is 14.8 Å². The molecule has 2 rings (SSSR count). The van der Waals surface area contributed by atoms with Gasteiger partial charge in [-0.1, -0.05) is 0 Å². The number of aliphatic hydroxyl groups is 1. The van der Waals surface area contributed by atoms with Crippen LogP contribution >= 0.6 is 0 Å². The third kappa shape index (κ3) is 2.45. The standard InChI is InChI=1S/C12H13FN2O2/c1-12(17,7-15-5-4-14-8-15)10-6-9(13)2-3-11(10)16/h2-6,8,16-17H,7H2,1H3. The molecule has 1 aromatic carbocycles. The smallest absolute Gasteiger partial charge is 0.123 e. The molecule has 17 heavy (non-hydrogen) atoms. The molecule has 4 nitrogen and oxygen atoms in total. The number of hydrogen-bond donors (Lipinski definition) is 2. The van der Waals surface area contributed by atoms with Crippen molar-refractivity contribution in [3.05, 3.63) is 48.3 Å². The fraction of sp³-hybridized carbons (Fsp3) is 0.250. The van der Waals surface area contributed by atoms with Gasteiger partial charge in [-0.2, -0.15) is 0 Å². The minimum atomic E-state index is -1.37. The van der Waals surface area contributed by atoms with Crippen molar-refractivity contribution in [3.63, 3.8) is 0 Å². The Kier molecular flexibility index (Phi) is 2.85. The molecule has 0 aliphatic heterocycles. The third-order valence-electron chi connectivity index (χ3n) is 2.59. The average Bonchev–Trinajstić information content (AvgIpc) is 2.73. The minimum Gasteiger partial charge on any atom is -0.508 e. The second-order valence-electron chi connectivity index (χ2n) is 4.17. The fourth-order valence-electron chi connectivity index (χ4n) is 1.76. The summed E-state index contributed by atoms with van der Waals surface area (Å²) < 4.78 is 14.8. The van der Waals surface area contributed by atoms with E-state index in [1.807, 2.05) is 0 Å². The van der Waals surface area contributed by atoms with Crippen molar-refractivity contribution < 1.29 is 14.6 Å². The highest BCUT2D eigenvalue weighted by atomic mass is 19.1. The first-order valence-corrected chi connectivity index (χ1v) is 5.16. The van der Waals surface area contributed by atoms with E-state index in [1.54, 1.807) is 23.3 Å². The molecule has 0 bridgehead atoms. The molecular formula is C12H13FN2O2. The van der Waals surface area contributed by atoms with Gasteiger partial charge in [0.25, 0.3) is 0 Å². The zero-order chi connectivity index (χ0) is 12.5. The molecule has 1 heterocycles. The quantitative estimate of drug-likeness (QED) is 0.851. The zero-order valence-corrected chi connectivity index (χ0v) is 9.34. The van der Waals surface area contributed by atoms with Crippen LogP contribution in [-0.2, 0) is 12.1 Å². The predicted molar refractivity (Wildman–Crippen MR) is 59.9 cm³/mol. The number of aromatic nitrogens is 2. The first kappa shape index (κ1) is 11.6. The Bertz CT molecular complexity index is 509. The summed E-state index contributed by atoms with van der Waals surface area (Å²) in [5, 5.41) is 19.9. The van der Waals surface area contributed by atoms with Gasteiger partial charge >= 0.3 is 0 Å². The minimum absolute atomic E-state index is 0.128. The highest BCUT2D eigenvalue weighted by Crippen LogP contribution is 2.30. The molecule has 0 aliphatic carbocycles. The van der Waals surface area contributed by atoms with Crippen LogP contribution in [0.25, 0.3) is 0 Å². The van der Waals surface area contributed by atoms with Crippen molar-refractivity contribution in [2.45, 2.75) is 19.1 Å². The first-order valence-electron chi connectivity index (χ1n) is 5.16. The SMILES string of the molecule is CC(O)(Cn1ccnc1)c1cc(F)ccc1O. The molecular weight excluding hydrogens is 223 g/mol. The Morgan fingerprint density at radius 2 is 2.24 bits per heavy atom. The van der Waals surface area contributed by atoms with E-state index < -0.39 is 11.4 Å². The van der Waals surface area contributed by atoms with Gasteiger partial charge in [0, 0.05) is 18.0 Å². The van der Waals surface area contributed by atoms with Crippen LogP contribution < -0.4 is 0 Å². The van der Waals surface area contributed by atoms with Gasteiger partial charge in [0.15, 0.2) is 0 Å². The third-order valence-corrected chi connectivity index (χ3v) is 2.59. The summed E-state index contributed by atoms with van der Waals surface area (Å²) in [6, 6.07) is 3.51. The Balaban J connectivity index is 2.33. The van der Waals surface area contributed by atoms with Crippen LogP contribution in [0.15, 0.2) is 36.9 Å². The van der Waals surface area contributed by atoms with Crippen LogP contribution in [0.3, 0.4) is 0 Å². The lowest BCUT2D eigenvalue weighted by molar-refractivity contribution is 0.0356. The van der Waals surface area contributed by atoms with Crippen LogP contribution in [0, 0.1) is 5.82 Å². The summed E-state index contributed by atoms with van der Waals surface area (Å²) in [4.78, 5) is 3.86. The maximum absolute atomic E-state index is 13.1. The lowest BCUT2D eigenvalue weighted by Crippen LogP contribution is -2.27. The van der Waals surface area contributed by atoms with Crippen molar-refractivity contribution in [2.75, 3.05) is 0 Å². The maximum atomic E-state index is 13.1. The number of aromatic hydroxyl groups is 1. The summed E-state index contributed by atoms with van der Waals surface area (Å²) in [6.45, 7) is 1.70. The molecule has 5 heteroatoms. The summed E-state index contributed by atoms with van der Waals surface area (Å²) in [5.41, 5.74) is -1.21. The molecule has 0 spiro atoms. The second kappa shape index (κ2) is 4.18. The molecule has 1 unspecified atom stereocenters. The molecule has 2 N–H and O–H groups in total. The maximum Gasteiger partial charge on any atom is 0.123 e. The largest absolute Gasteiger partial charge is 0.508 e. The van der Waals surface area contributed by atoms with Crippen LogP contribution in [0.4, 0.5) is 4.39 Å². The number of phenols is 1. The summed E-state index contributed by atoms with van der Waals surface area (Å²) >= 11 is 0. The van der Waals surface area contributed by atoms with E-state index >= 15 is 0 Å². The molecule has 0 aliphatic rings. The lowest BCUT2D eigenvalue weighted by Gasteiger charge is -2.25. The monoisotopic (exact) mass is 236 g/mol. The van der Waals surface area contributed by atoms with Gasteiger partial charge in [-0.05, 0) is 25.1 Å². The van der Waals surface area contributed by atoms with E-state index in [0.717, 1.165) is 12.1 Å². The number of benzene rings is 1. The Morgan fingerprint density at radius 1 is 1.47 bits per heavy atom. The summed E-state index contributed by atoms with van der Waals surface area (Å²) in [5.74, 6) is -0.625. The molecule has 0 saturated carbocycles. The second-order valence-corrected chi connectivity index (χ2v) is 4.17. The highest BCUT2D eigenvalue weighted by Gasteiger charge is 2.27. The zero-order valence-electron chi connectivity index (χ0n) is 9.34. The average molecular weight is 236 g/mol.